The Morgan fingerprint density at radius 3 is 2.35 bits per heavy atom. The highest BCUT2D eigenvalue weighted by Gasteiger charge is 2.36. The highest BCUT2D eigenvalue weighted by molar-refractivity contribution is 5.96. The van der Waals surface area contributed by atoms with Crippen LogP contribution in [0.1, 0.15) is 32.0 Å². The van der Waals surface area contributed by atoms with Gasteiger partial charge in [-0.1, -0.05) is 18.2 Å². The molecule has 1 saturated heterocycles. The second-order valence-electron chi connectivity index (χ2n) is 7.64. The van der Waals surface area contributed by atoms with E-state index in [0.717, 1.165) is 11.6 Å². The molecule has 2 aromatic heterocycles. The Kier molecular flexibility index (Phi) is 6.71. The van der Waals surface area contributed by atoms with E-state index in [2.05, 4.69) is 20.5 Å². The Morgan fingerprint density at radius 2 is 1.71 bits per heavy atom. The first-order valence-corrected chi connectivity index (χ1v) is 10.5. The van der Waals surface area contributed by atoms with Crippen LogP contribution in [0.4, 0.5) is 19.0 Å². The van der Waals surface area contributed by atoms with Gasteiger partial charge in [-0.15, -0.1) is 10.2 Å². The zero-order valence-corrected chi connectivity index (χ0v) is 18.0. The summed E-state index contributed by atoms with van der Waals surface area (Å²) in [5, 5.41) is 10.8. The third-order valence-corrected chi connectivity index (χ3v) is 5.41. The van der Waals surface area contributed by atoms with Gasteiger partial charge >= 0.3 is 6.18 Å². The molecule has 34 heavy (non-hydrogen) atoms. The van der Waals surface area contributed by atoms with Crippen molar-refractivity contribution in [3.8, 4) is 0 Å². The molecule has 8 nitrogen and oxygen atoms in total. The van der Waals surface area contributed by atoms with E-state index in [0.29, 0.717) is 25.5 Å². The minimum Gasteiger partial charge on any atom is -0.352 e. The summed E-state index contributed by atoms with van der Waals surface area (Å²) in [5.41, 5.74) is -0.286. The number of aromatic nitrogens is 3. The van der Waals surface area contributed by atoms with Gasteiger partial charge in [0.2, 0.25) is 0 Å². The topological polar surface area (TPSA) is 91.3 Å². The molecule has 176 valence electrons. The summed E-state index contributed by atoms with van der Waals surface area (Å²) in [4.78, 5) is 32.3. The number of halogens is 3. The van der Waals surface area contributed by atoms with Crippen LogP contribution in [-0.4, -0.2) is 58.1 Å². The lowest BCUT2D eigenvalue weighted by Crippen LogP contribution is -2.49. The summed E-state index contributed by atoms with van der Waals surface area (Å²) in [6, 6.07) is 11.6. The first-order chi connectivity index (χ1) is 16.3. The summed E-state index contributed by atoms with van der Waals surface area (Å²) in [5.74, 6) is -0.507. The van der Waals surface area contributed by atoms with Crippen molar-refractivity contribution in [1.29, 1.82) is 0 Å². The van der Waals surface area contributed by atoms with Crippen molar-refractivity contribution in [1.82, 2.24) is 25.4 Å². The van der Waals surface area contributed by atoms with Crippen LogP contribution in [0, 0.1) is 0 Å². The molecule has 0 aliphatic carbocycles. The van der Waals surface area contributed by atoms with E-state index in [1.54, 1.807) is 30.6 Å². The SMILES string of the molecule is O=C(NCc1cccnc1)c1ccc(N2CCN(C(=O)c3ccccc3C(F)(F)F)CC2)nn1. The normalized spacial score (nSPS) is 14.1. The Balaban J connectivity index is 1.34. The van der Waals surface area contributed by atoms with Gasteiger partial charge in [0.1, 0.15) is 0 Å². The molecule has 1 N–H and O–H groups in total. The molecule has 1 aromatic carbocycles. The molecule has 0 saturated carbocycles. The molecule has 11 heteroatoms. The van der Waals surface area contributed by atoms with Crippen molar-refractivity contribution in [3.05, 3.63) is 83.3 Å². The van der Waals surface area contributed by atoms with Crippen LogP contribution in [0.5, 0.6) is 0 Å². The molecule has 4 rings (SSSR count). The molecule has 0 atom stereocenters. The summed E-state index contributed by atoms with van der Waals surface area (Å²) in [6.07, 6.45) is -1.30. The number of hydrogen-bond acceptors (Lipinski definition) is 6. The van der Waals surface area contributed by atoms with Crippen LogP contribution in [0.2, 0.25) is 0 Å². The van der Waals surface area contributed by atoms with Gasteiger partial charge in [0.25, 0.3) is 11.8 Å². The number of amides is 2. The molecule has 1 aliphatic heterocycles. The lowest BCUT2D eigenvalue weighted by molar-refractivity contribution is -0.138. The predicted molar refractivity (Wildman–Crippen MR) is 117 cm³/mol. The number of carbonyl (C=O) groups is 2. The van der Waals surface area contributed by atoms with Crippen molar-refractivity contribution >= 4 is 17.6 Å². The van der Waals surface area contributed by atoms with Crippen molar-refractivity contribution in [2.45, 2.75) is 12.7 Å². The summed E-state index contributed by atoms with van der Waals surface area (Å²) < 4.78 is 39.8. The quantitative estimate of drug-likeness (QED) is 0.617. The van der Waals surface area contributed by atoms with Crippen molar-refractivity contribution in [3.63, 3.8) is 0 Å². The van der Waals surface area contributed by atoms with Crippen LogP contribution in [-0.2, 0) is 12.7 Å². The van der Waals surface area contributed by atoms with E-state index in [1.165, 1.54) is 23.1 Å². The first-order valence-electron chi connectivity index (χ1n) is 10.5. The summed E-state index contributed by atoms with van der Waals surface area (Å²) in [6.45, 7) is 1.53. The first kappa shape index (κ1) is 23.1. The minimum absolute atomic E-state index is 0.158. The monoisotopic (exact) mass is 470 g/mol. The summed E-state index contributed by atoms with van der Waals surface area (Å²) in [7, 11) is 0. The molecule has 3 aromatic rings. The van der Waals surface area contributed by atoms with Gasteiger partial charge in [-0.25, -0.2) is 0 Å². The lowest BCUT2D eigenvalue weighted by atomic mass is 10.1. The van der Waals surface area contributed by atoms with Crippen molar-refractivity contribution in [2.75, 3.05) is 31.1 Å². The predicted octanol–water partition coefficient (Wildman–Crippen LogP) is 2.78. The second kappa shape index (κ2) is 9.86. The Hall–Kier alpha value is -4.02. The van der Waals surface area contributed by atoms with Crippen LogP contribution in [0.15, 0.2) is 60.9 Å². The van der Waals surface area contributed by atoms with Gasteiger partial charge in [-0.2, -0.15) is 13.2 Å². The number of nitrogens with one attached hydrogen (secondary N) is 1. The molecule has 0 unspecified atom stereocenters. The van der Waals surface area contributed by atoms with E-state index in [-0.39, 0.29) is 30.3 Å². The van der Waals surface area contributed by atoms with Crippen molar-refractivity contribution in [2.24, 2.45) is 0 Å². The van der Waals surface area contributed by atoms with Crippen LogP contribution < -0.4 is 10.2 Å². The van der Waals surface area contributed by atoms with E-state index in [4.69, 9.17) is 0 Å². The standard InChI is InChI=1S/C23H21F3N6O2/c24-23(25,26)18-6-2-1-5-17(18)22(34)32-12-10-31(11-13-32)20-8-7-19(29-30-20)21(33)28-15-16-4-3-9-27-14-16/h1-9,14H,10-13,15H2,(H,28,33). The Labute approximate surface area is 193 Å². The smallest absolute Gasteiger partial charge is 0.352 e. The van der Waals surface area contributed by atoms with Gasteiger partial charge in [0.05, 0.1) is 11.1 Å². The zero-order valence-electron chi connectivity index (χ0n) is 18.0. The van der Waals surface area contributed by atoms with E-state index >= 15 is 0 Å². The van der Waals surface area contributed by atoms with Gasteiger partial charge in [-0.3, -0.25) is 14.6 Å². The van der Waals surface area contributed by atoms with Gasteiger partial charge in [-0.05, 0) is 35.9 Å². The van der Waals surface area contributed by atoms with E-state index < -0.39 is 17.6 Å². The maximum Gasteiger partial charge on any atom is 0.417 e. The minimum atomic E-state index is -4.60. The molecule has 1 fully saturated rings. The number of alkyl halides is 3. The van der Waals surface area contributed by atoms with E-state index in [9.17, 15) is 22.8 Å². The summed E-state index contributed by atoms with van der Waals surface area (Å²) >= 11 is 0. The fourth-order valence-corrected chi connectivity index (χ4v) is 3.62. The maximum absolute atomic E-state index is 13.3. The van der Waals surface area contributed by atoms with Gasteiger partial charge < -0.3 is 15.1 Å². The third-order valence-electron chi connectivity index (χ3n) is 5.41. The number of nitrogens with zero attached hydrogens (tertiary/aromatic N) is 5. The zero-order chi connectivity index (χ0) is 24.1. The fraction of sp³-hybridized carbons (Fsp3) is 0.261. The Morgan fingerprint density at radius 1 is 0.941 bits per heavy atom. The highest BCUT2D eigenvalue weighted by Crippen LogP contribution is 2.32. The molecular formula is C23H21F3N6O2. The van der Waals surface area contributed by atoms with E-state index in [1.807, 2.05) is 11.0 Å². The molecule has 0 spiro atoms. The average molecular weight is 470 g/mol. The second-order valence-corrected chi connectivity index (χ2v) is 7.64. The Bertz CT molecular complexity index is 1150. The number of hydrogen-bond donors (Lipinski definition) is 1. The van der Waals surface area contributed by atoms with Crippen LogP contribution in [0.25, 0.3) is 0 Å². The fourth-order valence-electron chi connectivity index (χ4n) is 3.62. The molecule has 1 aliphatic rings. The average Bonchev–Trinajstić information content (AvgIpc) is 2.87. The molecular weight excluding hydrogens is 449 g/mol. The lowest BCUT2D eigenvalue weighted by Gasteiger charge is -2.35. The molecule has 3 heterocycles. The number of piperazine rings is 1. The third kappa shape index (κ3) is 5.30. The number of pyridine rings is 1. The molecule has 0 bridgehead atoms. The molecule has 0 radical (unpaired) electrons. The van der Waals surface area contributed by atoms with Crippen molar-refractivity contribution < 1.29 is 22.8 Å². The van der Waals surface area contributed by atoms with Crippen LogP contribution in [0.3, 0.4) is 0 Å². The maximum atomic E-state index is 13.3. The number of anilines is 1. The number of rotatable bonds is 5. The van der Waals surface area contributed by atoms with Crippen LogP contribution >= 0.6 is 0 Å². The number of benzene rings is 1. The van der Waals surface area contributed by atoms with Gasteiger partial charge in [0, 0.05) is 45.1 Å². The highest BCUT2D eigenvalue weighted by atomic mass is 19.4. The largest absolute Gasteiger partial charge is 0.417 e. The molecule has 2 amide bonds. The number of carbonyl (C=O) groups excluding carboxylic acids is 2. The van der Waals surface area contributed by atoms with Gasteiger partial charge in [0.15, 0.2) is 11.5 Å².